The van der Waals surface area contributed by atoms with Crippen LogP contribution in [0.1, 0.15) is 11.1 Å². The quantitative estimate of drug-likeness (QED) is 0.697. The number of nitriles is 1. The molecule has 0 spiro atoms. The van der Waals surface area contributed by atoms with E-state index in [9.17, 15) is 9.59 Å². The summed E-state index contributed by atoms with van der Waals surface area (Å²) in [5.74, 6) is 0.0600. The van der Waals surface area contributed by atoms with Gasteiger partial charge in [0.15, 0.2) is 0 Å². The van der Waals surface area contributed by atoms with E-state index in [0.29, 0.717) is 5.75 Å². The number of thioether (sulfide) groups is 1. The van der Waals surface area contributed by atoms with Crippen LogP contribution in [-0.4, -0.2) is 36.5 Å². The van der Waals surface area contributed by atoms with Gasteiger partial charge in [-0.2, -0.15) is 17.0 Å². The van der Waals surface area contributed by atoms with Crippen molar-refractivity contribution in [1.29, 1.82) is 5.26 Å². The number of benzene rings is 1. The Kier molecular flexibility index (Phi) is 7.26. The average Bonchev–Trinajstić information content (AvgIpc) is 2.48. The molecule has 3 N–H and O–H groups in total. The molecule has 1 unspecified atom stereocenters. The SMILES string of the molecule is CSCC(NC(=O)Nc1c(C)cccc1C)C(=O)NCC#N. The lowest BCUT2D eigenvalue weighted by molar-refractivity contribution is -0.122. The van der Waals surface area contributed by atoms with E-state index in [1.54, 1.807) is 0 Å². The van der Waals surface area contributed by atoms with Gasteiger partial charge in [-0.05, 0) is 31.2 Å². The normalized spacial score (nSPS) is 11.2. The minimum absolute atomic E-state index is 0.0794. The second-order valence-corrected chi connectivity index (χ2v) is 5.66. The Labute approximate surface area is 134 Å². The summed E-state index contributed by atoms with van der Waals surface area (Å²) in [6.07, 6.45) is 1.84. The zero-order valence-corrected chi connectivity index (χ0v) is 13.7. The number of nitrogens with one attached hydrogen (secondary N) is 3. The van der Waals surface area contributed by atoms with Gasteiger partial charge in [-0.25, -0.2) is 4.79 Å². The number of carbonyl (C=O) groups is 2. The molecule has 1 aromatic carbocycles. The summed E-state index contributed by atoms with van der Waals surface area (Å²) in [6, 6.07) is 6.43. The highest BCUT2D eigenvalue weighted by Gasteiger charge is 2.20. The topological polar surface area (TPSA) is 94.0 Å². The summed E-state index contributed by atoms with van der Waals surface area (Å²) in [6.45, 7) is 3.73. The molecule has 0 saturated carbocycles. The lowest BCUT2D eigenvalue weighted by Gasteiger charge is -2.18. The van der Waals surface area contributed by atoms with Gasteiger partial charge in [0, 0.05) is 11.4 Å². The van der Waals surface area contributed by atoms with E-state index in [0.717, 1.165) is 16.8 Å². The Bertz CT molecular complexity index is 563. The van der Waals surface area contributed by atoms with Crippen molar-refractivity contribution >= 4 is 29.4 Å². The van der Waals surface area contributed by atoms with Crippen LogP contribution >= 0.6 is 11.8 Å². The predicted molar refractivity (Wildman–Crippen MR) is 88.9 cm³/mol. The van der Waals surface area contributed by atoms with Gasteiger partial charge >= 0.3 is 6.03 Å². The van der Waals surface area contributed by atoms with Gasteiger partial charge in [-0.3, -0.25) is 4.79 Å². The summed E-state index contributed by atoms with van der Waals surface area (Å²) < 4.78 is 0. The van der Waals surface area contributed by atoms with Crippen LogP contribution in [0.25, 0.3) is 0 Å². The molecule has 118 valence electrons. The first-order chi connectivity index (χ1) is 10.5. The van der Waals surface area contributed by atoms with Crippen LogP contribution in [0, 0.1) is 25.2 Å². The Hall–Kier alpha value is -2.20. The third-order valence-corrected chi connectivity index (χ3v) is 3.68. The second kappa shape index (κ2) is 8.95. The fourth-order valence-corrected chi connectivity index (χ4v) is 2.49. The summed E-state index contributed by atoms with van der Waals surface area (Å²) in [7, 11) is 0. The van der Waals surface area contributed by atoms with Crippen LogP contribution < -0.4 is 16.0 Å². The molecule has 3 amide bonds. The average molecular weight is 320 g/mol. The van der Waals surface area contributed by atoms with Crippen molar-refractivity contribution in [2.24, 2.45) is 0 Å². The number of amides is 3. The molecule has 0 aliphatic carbocycles. The van der Waals surface area contributed by atoms with Gasteiger partial charge in [-0.15, -0.1) is 0 Å². The molecule has 0 aromatic heterocycles. The Morgan fingerprint density at radius 2 is 1.95 bits per heavy atom. The fourth-order valence-electron chi connectivity index (χ4n) is 1.92. The van der Waals surface area contributed by atoms with Gasteiger partial charge < -0.3 is 16.0 Å². The predicted octanol–water partition coefficient (Wildman–Crippen LogP) is 1.80. The minimum atomic E-state index is -0.687. The standard InChI is InChI=1S/C15H20N4O2S/c1-10-5-4-6-11(2)13(10)19-15(21)18-12(9-22-3)14(20)17-8-7-16/h4-6,12H,8-9H2,1-3H3,(H,17,20)(H2,18,19,21). The summed E-state index contributed by atoms with van der Waals surface area (Å²) in [5.41, 5.74) is 2.64. The molecule has 0 bridgehead atoms. The lowest BCUT2D eigenvalue weighted by atomic mass is 10.1. The lowest BCUT2D eigenvalue weighted by Crippen LogP contribution is -2.49. The van der Waals surface area contributed by atoms with Crippen molar-refractivity contribution in [1.82, 2.24) is 10.6 Å². The largest absolute Gasteiger partial charge is 0.341 e. The van der Waals surface area contributed by atoms with Crippen LogP contribution in [0.3, 0.4) is 0 Å². The number of hydrogen-bond acceptors (Lipinski definition) is 4. The molecule has 1 aromatic rings. The number of hydrogen-bond donors (Lipinski definition) is 3. The monoisotopic (exact) mass is 320 g/mol. The molecule has 0 aliphatic rings. The van der Waals surface area contributed by atoms with Gasteiger partial charge in [0.25, 0.3) is 0 Å². The van der Waals surface area contributed by atoms with Crippen molar-refractivity contribution in [3.63, 3.8) is 0 Å². The number of para-hydroxylation sites is 1. The molecule has 22 heavy (non-hydrogen) atoms. The number of nitrogens with zero attached hydrogens (tertiary/aromatic N) is 1. The van der Waals surface area contributed by atoms with Crippen LogP contribution in [0.15, 0.2) is 18.2 Å². The maximum absolute atomic E-state index is 12.1. The third-order valence-electron chi connectivity index (χ3n) is 3.02. The first kappa shape index (κ1) is 17.9. The minimum Gasteiger partial charge on any atom is -0.341 e. The summed E-state index contributed by atoms with van der Waals surface area (Å²) in [5, 5.41) is 16.4. The van der Waals surface area contributed by atoms with Gasteiger partial charge in [0.1, 0.15) is 12.6 Å². The molecule has 6 nitrogen and oxygen atoms in total. The molecular weight excluding hydrogens is 300 g/mol. The molecule has 0 saturated heterocycles. The van der Waals surface area contributed by atoms with Gasteiger partial charge in [0.05, 0.1) is 6.07 Å². The van der Waals surface area contributed by atoms with Crippen LogP contribution in [0.4, 0.5) is 10.5 Å². The van der Waals surface area contributed by atoms with Gasteiger partial charge in [0.2, 0.25) is 5.91 Å². The molecule has 1 atom stereocenters. The van der Waals surface area contributed by atoms with E-state index in [-0.39, 0.29) is 12.5 Å². The number of rotatable bonds is 6. The molecule has 0 heterocycles. The number of aryl methyl sites for hydroxylation is 2. The first-order valence-electron chi connectivity index (χ1n) is 6.77. The van der Waals surface area contributed by atoms with E-state index >= 15 is 0 Å². The number of anilines is 1. The van der Waals surface area contributed by atoms with E-state index in [2.05, 4.69) is 16.0 Å². The number of carbonyl (C=O) groups excluding carboxylic acids is 2. The summed E-state index contributed by atoms with van der Waals surface area (Å²) >= 11 is 1.44. The molecule has 0 radical (unpaired) electrons. The Balaban J connectivity index is 2.71. The highest BCUT2D eigenvalue weighted by molar-refractivity contribution is 7.98. The zero-order valence-electron chi connectivity index (χ0n) is 12.9. The van der Waals surface area contributed by atoms with E-state index in [4.69, 9.17) is 5.26 Å². The fraction of sp³-hybridized carbons (Fsp3) is 0.400. The smallest absolute Gasteiger partial charge is 0.319 e. The van der Waals surface area contributed by atoms with E-state index < -0.39 is 12.1 Å². The van der Waals surface area contributed by atoms with Crippen molar-refractivity contribution in [2.45, 2.75) is 19.9 Å². The number of urea groups is 1. The van der Waals surface area contributed by atoms with Crippen molar-refractivity contribution < 1.29 is 9.59 Å². The van der Waals surface area contributed by atoms with Gasteiger partial charge in [-0.1, -0.05) is 18.2 Å². The van der Waals surface area contributed by atoms with Crippen molar-refractivity contribution in [2.75, 3.05) is 23.9 Å². The van der Waals surface area contributed by atoms with Crippen LogP contribution in [0.2, 0.25) is 0 Å². The molecule has 0 aliphatic heterocycles. The second-order valence-electron chi connectivity index (χ2n) is 4.75. The van der Waals surface area contributed by atoms with E-state index in [1.165, 1.54) is 11.8 Å². The highest BCUT2D eigenvalue weighted by atomic mass is 32.2. The molecule has 0 fully saturated rings. The van der Waals surface area contributed by atoms with Crippen molar-refractivity contribution in [3.8, 4) is 6.07 Å². The molecular formula is C15H20N4O2S. The first-order valence-corrected chi connectivity index (χ1v) is 8.16. The Morgan fingerprint density at radius 1 is 1.32 bits per heavy atom. The maximum Gasteiger partial charge on any atom is 0.319 e. The van der Waals surface area contributed by atoms with E-state index in [1.807, 2.05) is 44.4 Å². The maximum atomic E-state index is 12.1. The molecule has 1 rings (SSSR count). The van der Waals surface area contributed by atoms with Crippen LogP contribution in [-0.2, 0) is 4.79 Å². The van der Waals surface area contributed by atoms with Crippen LogP contribution in [0.5, 0.6) is 0 Å². The Morgan fingerprint density at radius 3 is 2.50 bits per heavy atom. The third kappa shape index (κ3) is 5.30. The highest BCUT2D eigenvalue weighted by Crippen LogP contribution is 2.19. The van der Waals surface area contributed by atoms with Crippen molar-refractivity contribution in [3.05, 3.63) is 29.3 Å². The molecule has 7 heteroatoms. The zero-order chi connectivity index (χ0) is 16.5. The summed E-state index contributed by atoms with van der Waals surface area (Å²) in [4.78, 5) is 24.0.